The maximum Gasteiger partial charge on any atom is 0.282 e. The summed E-state index contributed by atoms with van der Waals surface area (Å²) < 4.78 is 0. The molecule has 0 bridgehead atoms. The maximum absolute atomic E-state index is 12.6. The van der Waals surface area contributed by atoms with Crippen LogP contribution in [0.3, 0.4) is 0 Å². The fraction of sp³-hybridized carbons (Fsp3) is 0.500. The molecule has 1 amide bonds. The van der Waals surface area contributed by atoms with Gasteiger partial charge in [0.2, 0.25) is 0 Å². The molecule has 7 nitrogen and oxygen atoms in total. The zero-order valence-electron chi connectivity index (χ0n) is 14.1. The first-order valence-electron chi connectivity index (χ1n) is 7.71. The number of nitrogens with one attached hydrogen (secondary N) is 2. The van der Waals surface area contributed by atoms with Crippen molar-refractivity contribution in [3.8, 4) is 0 Å². The molecule has 0 spiro atoms. The number of nitrogens with zero attached hydrogens (tertiary/aromatic N) is 2. The second-order valence-electron chi connectivity index (χ2n) is 5.15. The largest absolute Gasteiger partial charge is 0.300 e. The van der Waals surface area contributed by atoms with Gasteiger partial charge in [0.05, 0.1) is 0 Å². The van der Waals surface area contributed by atoms with Gasteiger partial charge in [-0.2, -0.15) is 0 Å². The zero-order valence-corrected chi connectivity index (χ0v) is 14.1. The van der Waals surface area contributed by atoms with Crippen molar-refractivity contribution in [2.75, 3.05) is 13.1 Å². The second-order valence-corrected chi connectivity index (χ2v) is 5.15. The number of Topliss-reactive ketones (excluding diaryl/α,β-unsaturated/α-hetero) is 2. The van der Waals surface area contributed by atoms with Crippen LogP contribution >= 0.6 is 0 Å². The molecule has 1 aromatic rings. The number of aryl methyl sites for hydroxylation is 1. The Bertz CT molecular complexity index is 581. The standard InChI is InChI=1S/C16H24N4O3/c1-5-17-20(18-6-2)16(23)13-9-14(8-7-11(3)21)19-15(10-13)12(4)22/h9-10,17-18H,5-8H2,1-4H3. The fourth-order valence-electron chi connectivity index (χ4n) is 1.97. The Morgan fingerprint density at radius 3 is 2.17 bits per heavy atom. The summed E-state index contributed by atoms with van der Waals surface area (Å²) in [5.74, 6) is -0.486. The Morgan fingerprint density at radius 1 is 1.09 bits per heavy atom. The summed E-state index contributed by atoms with van der Waals surface area (Å²) >= 11 is 0. The van der Waals surface area contributed by atoms with E-state index >= 15 is 0 Å². The van der Waals surface area contributed by atoms with E-state index in [1.165, 1.54) is 25.0 Å². The molecule has 126 valence electrons. The maximum atomic E-state index is 12.6. The highest BCUT2D eigenvalue weighted by Gasteiger charge is 2.18. The van der Waals surface area contributed by atoms with Crippen molar-refractivity contribution < 1.29 is 14.4 Å². The zero-order chi connectivity index (χ0) is 17.4. The number of carbonyl (C=O) groups excluding carboxylic acids is 3. The predicted molar refractivity (Wildman–Crippen MR) is 86.8 cm³/mol. The van der Waals surface area contributed by atoms with Crippen molar-refractivity contribution in [2.24, 2.45) is 0 Å². The number of rotatable bonds is 9. The Hall–Kier alpha value is -2.12. The van der Waals surface area contributed by atoms with Crippen LogP contribution in [0.4, 0.5) is 0 Å². The van der Waals surface area contributed by atoms with Crippen molar-refractivity contribution >= 4 is 17.5 Å². The van der Waals surface area contributed by atoms with Crippen LogP contribution in [0.2, 0.25) is 0 Å². The van der Waals surface area contributed by atoms with Crippen LogP contribution in [0.15, 0.2) is 12.1 Å². The molecule has 0 fully saturated rings. The number of carbonyl (C=O) groups is 3. The minimum absolute atomic E-state index is 0.0369. The first kappa shape index (κ1) is 18.9. The summed E-state index contributed by atoms with van der Waals surface area (Å²) in [5.41, 5.74) is 6.96. The molecule has 2 N–H and O–H groups in total. The van der Waals surface area contributed by atoms with E-state index in [0.717, 1.165) is 0 Å². The molecule has 1 rings (SSSR count). The average Bonchev–Trinajstić information content (AvgIpc) is 2.51. The number of hydrogen-bond donors (Lipinski definition) is 2. The third-order valence-electron chi connectivity index (χ3n) is 3.05. The van der Waals surface area contributed by atoms with Gasteiger partial charge in [-0.15, -0.1) is 0 Å². The highest BCUT2D eigenvalue weighted by atomic mass is 16.2. The number of hydrazine groups is 2. The molecule has 0 unspecified atom stereocenters. The molecule has 0 aromatic carbocycles. The van der Waals surface area contributed by atoms with Gasteiger partial charge >= 0.3 is 0 Å². The van der Waals surface area contributed by atoms with E-state index in [9.17, 15) is 14.4 Å². The Labute approximate surface area is 136 Å². The second kappa shape index (κ2) is 9.12. The molecule has 0 atom stereocenters. The lowest BCUT2D eigenvalue weighted by Gasteiger charge is -2.23. The predicted octanol–water partition coefficient (Wildman–Crippen LogP) is 1.30. The van der Waals surface area contributed by atoms with Gasteiger partial charge in [-0.3, -0.25) is 9.59 Å². The summed E-state index contributed by atoms with van der Waals surface area (Å²) in [6, 6.07) is 3.10. The van der Waals surface area contributed by atoms with Gasteiger partial charge in [-0.05, 0) is 25.5 Å². The average molecular weight is 320 g/mol. The van der Waals surface area contributed by atoms with Gasteiger partial charge in [0, 0.05) is 37.7 Å². The van der Waals surface area contributed by atoms with E-state index in [4.69, 9.17) is 0 Å². The van der Waals surface area contributed by atoms with E-state index in [1.807, 2.05) is 13.8 Å². The van der Waals surface area contributed by atoms with Crippen molar-refractivity contribution in [1.29, 1.82) is 0 Å². The number of hydrogen-bond acceptors (Lipinski definition) is 6. The highest BCUT2D eigenvalue weighted by molar-refractivity contribution is 5.98. The first-order chi connectivity index (χ1) is 10.9. The summed E-state index contributed by atoms with van der Waals surface area (Å²) in [6.07, 6.45) is 0.727. The Kier molecular flexibility index (Phi) is 7.50. The molecule has 0 saturated carbocycles. The summed E-state index contributed by atoms with van der Waals surface area (Å²) in [5, 5.41) is 1.30. The van der Waals surface area contributed by atoms with Gasteiger partial charge in [-0.1, -0.05) is 13.8 Å². The normalized spacial score (nSPS) is 10.4. The number of ketones is 2. The number of amides is 1. The topological polar surface area (TPSA) is 91.4 Å². The van der Waals surface area contributed by atoms with Crippen LogP contribution in [-0.4, -0.2) is 40.7 Å². The van der Waals surface area contributed by atoms with E-state index in [0.29, 0.717) is 37.2 Å². The monoisotopic (exact) mass is 320 g/mol. The lowest BCUT2D eigenvalue weighted by molar-refractivity contribution is -0.117. The van der Waals surface area contributed by atoms with Crippen molar-refractivity contribution in [1.82, 2.24) is 21.0 Å². The molecule has 0 radical (unpaired) electrons. The smallest absolute Gasteiger partial charge is 0.282 e. The summed E-state index contributed by atoms with van der Waals surface area (Å²) in [6.45, 7) is 7.80. The lowest BCUT2D eigenvalue weighted by atomic mass is 10.1. The lowest BCUT2D eigenvalue weighted by Crippen LogP contribution is -2.51. The molecule has 0 aliphatic carbocycles. The molecular weight excluding hydrogens is 296 g/mol. The summed E-state index contributed by atoms with van der Waals surface area (Å²) in [7, 11) is 0. The van der Waals surface area contributed by atoms with Crippen molar-refractivity contribution in [3.05, 3.63) is 29.1 Å². The number of pyridine rings is 1. The van der Waals surface area contributed by atoms with E-state index in [2.05, 4.69) is 15.8 Å². The molecule has 1 heterocycles. The van der Waals surface area contributed by atoms with Gasteiger partial charge in [-0.25, -0.2) is 21.0 Å². The molecular formula is C16H24N4O3. The minimum atomic E-state index is -0.303. The number of aromatic nitrogens is 1. The molecule has 1 aromatic heterocycles. The summed E-state index contributed by atoms with van der Waals surface area (Å²) in [4.78, 5) is 39.6. The molecule has 23 heavy (non-hydrogen) atoms. The van der Waals surface area contributed by atoms with Crippen LogP contribution in [0.5, 0.6) is 0 Å². The Morgan fingerprint density at radius 2 is 1.70 bits per heavy atom. The van der Waals surface area contributed by atoms with E-state index in [-0.39, 0.29) is 23.2 Å². The van der Waals surface area contributed by atoms with Crippen LogP contribution in [-0.2, 0) is 11.2 Å². The van der Waals surface area contributed by atoms with Crippen molar-refractivity contribution in [2.45, 2.75) is 40.5 Å². The first-order valence-corrected chi connectivity index (χ1v) is 7.71. The fourth-order valence-corrected chi connectivity index (χ4v) is 1.97. The third-order valence-corrected chi connectivity index (χ3v) is 3.05. The van der Waals surface area contributed by atoms with Gasteiger partial charge in [0.25, 0.3) is 5.91 Å². The van der Waals surface area contributed by atoms with E-state index < -0.39 is 0 Å². The van der Waals surface area contributed by atoms with Crippen LogP contribution in [0.1, 0.15) is 60.7 Å². The third kappa shape index (κ3) is 5.88. The molecule has 0 aliphatic heterocycles. The van der Waals surface area contributed by atoms with Gasteiger partial charge in [0.1, 0.15) is 11.5 Å². The van der Waals surface area contributed by atoms with E-state index in [1.54, 1.807) is 6.07 Å². The van der Waals surface area contributed by atoms with Crippen molar-refractivity contribution in [3.63, 3.8) is 0 Å². The molecule has 7 heteroatoms. The molecule has 0 aliphatic rings. The van der Waals surface area contributed by atoms with Gasteiger partial charge in [0.15, 0.2) is 5.78 Å². The quantitative estimate of drug-likeness (QED) is 0.526. The minimum Gasteiger partial charge on any atom is -0.300 e. The van der Waals surface area contributed by atoms with Gasteiger partial charge < -0.3 is 4.79 Å². The highest BCUT2D eigenvalue weighted by Crippen LogP contribution is 2.11. The van der Waals surface area contributed by atoms with Crippen LogP contribution < -0.4 is 10.9 Å². The van der Waals surface area contributed by atoms with Crippen LogP contribution in [0, 0.1) is 0 Å². The van der Waals surface area contributed by atoms with Crippen LogP contribution in [0.25, 0.3) is 0 Å². The Balaban J connectivity index is 3.13. The molecule has 0 saturated heterocycles. The SMILES string of the molecule is CCNN(NCC)C(=O)c1cc(CCC(C)=O)nc(C(C)=O)c1.